The number of H-pyrrole nitrogens is 1. The third kappa shape index (κ3) is 2.71. The van der Waals surface area contributed by atoms with Crippen LogP contribution >= 0.6 is 11.8 Å². The summed E-state index contributed by atoms with van der Waals surface area (Å²) in [6, 6.07) is 13.7. The Hall–Kier alpha value is -2.47. The average molecular weight is 298 g/mol. The van der Waals surface area contributed by atoms with Crippen LogP contribution in [0.25, 0.3) is 11.0 Å². The van der Waals surface area contributed by atoms with Crippen molar-refractivity contribution in [3.63, 3.8) is 0 Å². The number of benzene rings is 2. The molecule has 0 spiro atoms. The lowest BCUT2D eigenvalue weighted by atomic mass is 10.1. The quantitative estimate of drug-likeness (QED) is 0.300. The third-order valence-electron chi connectivity index (χ3n) is 3.09. The zero-order valence-corrected chi connectivity index (χ0v) is 12.2. The van der Waals surface area contributed by atoms with E-state index in [-0.39, 0.29) is 5.84 Å². The van der Waals surface area contributed by atoms with Crippen molar-refractivity contribution in [1.82, 2.24) is 9.97 Å². The van der Waals surface area contributed by atoms with Gasteiger partial charge in [-0.1, -0.05) is 40.7 Å². The van der Waals surface area contributed by atoms with Crippen molar-refractivity contribution in [1.29, 1.82) is 0 Å². The number of oxime groups is 1. The fourth-order valence-electron chi connectivity index (χ4n) is 2.07. The Morgan fingerprint density at radius 1 is 1.29 bits per heavy atom. The van der Waals surface area contributed by atoms with E-state index >= 15 is 0 Å². The molecule has 0 radical (unpaired) electrons. The molecular formula is C15H14N4OS. The van der Waals surface area contributed by atoms with Gasteiger partial charge >= 0.3 is 0 Å². The number of nitrogens with one attached hydrogen (secondary N) is 1. The number of nitrogens with zero attached hydrogens (tertiary/aromatic N) is 2. The molecule has 0 bridgehead atoms. The topological polar surface area (TPSA) is 87.3 Å². The second-order valence-electron chi connectivity index (χ2n) is 4.65. The molecule has 0 aliphatic heterocycles. The van der Waals surface area contributed by atoms with Crippen molar-refractivity contribution in [3.8, 4) is 0 Å². The molecule has 6 heteroatoms. The smallest absolute Gasteiger partial charge is 0.171 e. The number of fused-ring (bicyclic) bond motifs is 1. The average Bonchev–Trinajstić information content (AvgIpc) is 2.90. The molecule has 3 aromatic rings. The Morgan fingerprint density at radius 3 is 2.86 bits per heavy atom. The Balaban J connectivity index is 2.01. The van der Waals surface area contributed by atoms with Crippen LogP contribution in [-0.2, 0) is 0 Å². The Labute approximate surface area is 125 Å². The summed E-state index contributed by atoms with van der Waals surface area (Å²) in [7, 11) is 0. The van der Waals surface area contributed by atoms with Gasteiger partial charge in [-0.25, -0.2) is 4.98 Å². The first-order valence-electron chi connectivity index (χ1n) is 6.38. The van der Waals surface area contributed by atoms with E-state index in [1.165, 1.54) is 11.8 Å². The summed E-state index contributed by atoms with van der Waals surface area (Å²) in [6.07, 6.45) is 0. The number of amidine groups is 1. The van der Waals surface area contributed by atoms with Crippen LogP contribution in [-0.4, -0.2) is 21.0 Å². The molecular weight excluding hydrogens is 284 g/mol. The number of aromatic nitrogens is 2. The predicted molar refractivity (Wildman–Crippen MR) is 83.9 cm³/mol. The van der Waals surface area contributed by atoms with Crippen molar-refractivity contribution in [2.24, 2.45) is 10.9 Å². The van der Waals surface area contributed by atoms with Crippen LogP contribution in [0.15, 0.2) is 57.7 Å². The fraction of sp³-hybridized carbons (Fsp3) is 0.0667. The Morgan fingerprint density at radius 2 is 2.10 bits per heavy atom. The molecule has 4 N–H and O–H groups in total. The van der Waals surface area contributed by atoms with E-state index in [1.54, 1.807) is 0 Å². The molecule has 21 heavy (non-hydrogen) atoms. The highest BCUT2D eigenvalue weighted by Gasteiger charge is 2.11. The van der Waals surface area contributed by atoms with Gasteiger partial charge in [-0.05, 0) is 31.2 Å². The van der Waals surface area contributed by atoms with E-state index < -0.39 is 0 Å². The molecule has 0 aliphatic carbocycles. The zero-order chi connectivity index (χ0) is 14.8. The van der Waals surface area contributed by atoms with Gasteiger partial charge < -0.3 is 15.9 Å². The van der Waals surface area contributed by atoms with E-state index in [0.29, 0.717) is 5.56 Å². The number of nitrogens with two attached hydrogens (primary N) is 1. The Bertz CT molecular complexity index is 792. The van der Waals surface area contributed by atoms with Crippen LogP contribution in [0.1, 0.15) is 11.1 Å². The lowest BCUT2D eigenvalue weighted by Gasteiger charge is -2.07. The number of aromatic amines is 1. The molecule has 0 unspecified atom stereocenters. The Kier molecular flexibility index (Phi) is 3.53. The lowest BCUT2D eigenvalue weighted by Crippen LogP contribution is -2.14. The van der Waals surface area contributed by atoms with Crippen molar-refractivity contribution in [3.05, 3.63) is 53.6 Å². The van der Waals surface area contributed by atoms with Crippen LogP contribution in [0.3, 0.4) is 0 Å². The van der Waals surface area contributed by atoms with E-state index in [2.05, 4.69) is 15.1 Å². The first-order chi connectivity index (χ1) is 10.2. The zero-order valence-electron chi connectivity index (χ0n) is 11.4. The number of rotatable bonds is 3. The monoisotopic (exact) mass is 298 g/mol. The highest BCUT2D eigenvalue weighted by Crippen LogP contribution is 2.30. The highest BCUT2D eigenvalue weighted by atomic mass is 32.2. The molecule has 5 nitrogen and oxygen atoms in total. The number of aryl methyl sites for hydroxylation is 1. The maximum Gasteiger partial charge on any atom is 0.171 e. The molecule has 0 fully saturated rings. The van der Waals surface area contributed by atoms with Crippen molar-refractivity contribution in [2.75, 3.05) is 0 Å². The predicted octanol–water partition coefficient (Wildman–Crippen LogP) is 3.12. The van der Waals surface area contributed by atoms with Crippen molar-refractivity contribution in [2.45, 2.75) is 17.0 Å². The molecule has 0 saturated heterocycles. The second-order valence-corrected chi connectivity index (χ2v) is 5.68. The summed E-state index contributed by atoms with van der Waals surface area (Å²) in [5.41, 5.74) is 9.39. The largest absolute Gasteiger partial charge is 0.409 e. The standard InChI is InChI=1S/C15H14N4OS/c1-9-6-7-13(10(8-9)14(16)19-20)21-15-17-11-4-2-3-5-12(11)18-15/h2-8,20H,1H3,(H2,16,19)(H,17,18). The lowest BCUT2D eigenvalue weighted by molar-refractivity contribution is 0.318. The number of para-hydroxylation sites is 2. The van der Waals surface area contributed by atoms with Crippen LogP contribution in [0.4, 0.5) is 0 Å². The van der Waals surface area contributed by atoms with E-state index in [0.717, 1.165) is 26.6 Å². The molecule has 0 amide bonds. The van der Waals surface area contributed by atoms with Gasteiger partial charge in [0.05, 0.1) is 11.0 Å². The highest BCUT2D eigenvalue weighted by molar-refractivity contribution is 7.99. The molecule has 0 saturated carbocycles. The van der Waals surface area contributed by atoms with Gasteiger partial charge in [0.25, 0.3) is 0 Å². The van der Waals surface area contributed by atoms with Gasteiger partial charge in [0.2, 0.25) is 0 Å². The molecule has 0 atom stereocenters. The normalized spacial score (nSPS) is 12.0. The maximum absolute atomic E-state index is 8.91. The number of hydrogen-bond acceptors (Lipinski definition) is 4. The van der Waals surface area contributed by atoms with Gasteiger partial charge in [-0.3, -0.25) is 0 Å². The van der Waals surface area contributed by atoms with Crippen molar-refractivity contribution < 1.29 is 5.21 Å². The van der Waals surface area contributed by atoms with Crippen LogP contribution in [0.2, 0.25) is 0 Å². The molecule has 106 valence electrons. The fourth-order valence-corrected chi connectivity index (χ4v) is 2.99. The number of hydrogen-bond donors (Lipinski definition) is 3. The second kappa shape index (κ2) is 5.49. The minimum absolute atomic E-state index is 0.0947. The molecule has 1 heterocycles. The van der Waals surface area contributed by atoms with Gasteiger partial charge in [0.15, 0.2) is 11.0 Å². The number of imidazole rings is 1. The van der Waals surface area contributed by atoms with E-state index in [4.69, 9.17) is 10.9 Å². The van der Waals surface area contributed by atoms with Gasteiger partial charge in [-0.15, -0.1) is 0 Å². The van der Waals surface area contributed by atoms with Gasteiger partial charge in [0, 0.05) is 10.5 Å². The minimum Gasteiger partial charge on any atom is -0.409 e. The van der Waals surface area contributed by atoms with E-state index in [1.807, 2.05) is 49.4 Å². The summed E-state index contributed by atoms with van der Waals surface area (Å²) < 4.78 is 0. The SMILES string of the molecule is Cc1ccc(Sc2nc3ccccc3[nH]2)c(/C(N)=N/O)c1. The maximum atomic E-state index is 8.91. The summed E-state index contributed by atoms with van der Waals surface area (Å²) in [4.78, 5) is 8.66. The summed E-state index contributed by atoms with van der Waals surface area (Å²) in [5, 5.41) is 12.8. The molecule has 3 rings (SSSR count). The first-order valence-corrected chi connectivity index (χ1v) is 7.20. The summed E-state index contributed by atoms with van der Waals surface area (Å²) in [6.45, 7) is 1.96. The van der Waals surface area contributed by atoms with Gasteiger partial charge in [0.1, 0.15) is 0 Å². The molecule has 0 aliphatic rings. The third-order valence-corrected chi connectivity index (χ3v) is 4.06. The molecule has 2 aromatic carbocycles. The summed E-state index contributed by atoms with van der Waals surface area (Å²) in [5.74, 6) is 0.0947. The first kappa shape index (κ1) is 13.5. The van der Waals surface area contributed by atoms with Crippen LogP contribution in [0, 0.1) is 6.92 Å². The summed E-state index contributed by atoms with van der Waals surface area (Å²) >= 11 is 1.45. The van der Waals surface area contributed by atoms with Crippen LogP contribution in [0.5, 0.6) is 0 Å². The van der Waals surface area contributed by atoms with Crippen molar-refractivity contribution >= 4 is 28.6 Å². The minimum atomic E-state index is 0.0947. The molecule has 1 aromatic heterocycles. The van der Waals surface area contributed by atoms with Gasteiger partial charge in [-0.2, -0.15) is 0 Å². The van der Waals surface area contributed by atoms with Crippen LogP contribution < -0.4 is 5.73 Å². The van der Waals surface area contributed by atoms with E-state index in [9.17, 15) is 0 Å².